The van der Waals surface area contributed by atoms with Gasteiger partial charge in [0.2, 0.25) is 10.6 Å². The van der Waals surface area contributed by atoms with Crippen molar-refractivity contribution in [2.45, 2.75) is 12.7 Å². The molecule has 24 heavy (non-hydrogen) atoms. The maximum Gasteiger partial charge on any atom is 0.452 e. The van der Waals surface area contributed by atoms with Gasteiger partial charge in [0.1, 0.15) is 0 Å². The summed E-state index contributed by atoms with van der Waals surface area (Å²) in [6.07, 6.45) is -4.63. The molecule has 3 rings (SSSR count). The van der Waals surface area contributed by atoms with E-state index in [4.69, 9.17) is 23.8 Å². The Morgan fingerprint density at radius 1 is 1.00 bits per heavy atom. The van der Waals surface area contributed by atoms with Crippen LogP contribution >= 0.6 is 23.8 Å². The largest absolute Gasteiger partial charge is 0.452 e. The van der Waals surface area contributed by atoms with Crippen molar-refractivity contribution in [3.05, 3.63) is 75.8 Å². The molecule has 0 spiro atoms. The molecule has 0 bridgehead atoms. The van der Waals surface area contributed by atoms with Gasteiger partial charge < -0.3 is 0 Å². The summed E-state index contributed by atoms with van der Waals surface area (Å²) < 4.78 is 42.2. The molecule has 3 nitrogen and oxygen atoms in total. The second-order valence-electron chi connectivity index (χ2n) is 5.06. The van der Waals surface area contributed by atoms with Gasteiger partial charge in [0.25, 0.3) is 0 Å². The van der Waals surface area contributed by atoms with Crippen LogP contribution in [0.5, 0.6) is 0 Å². The maximum atomic E-state index is 13.4. The highest BCUT2D eigenvalue weighted by Gasteiger charge is 2.38. The van der Waals surface area contributed by atoms with Gasteiger partial charge >= 0.3 is 6.18 Å². The van der Waals surface area contributed by atoms with Crippen molar-refractivity contribution in [3.63, 3.8) is 0 Å². The lowest BCUT2D eigenvalue weighted by Gasteiger charge is -2.09. The normalized spacial score (nSPS) is 11.7. The fourth-order valence-electron chi connectivity index (χ4n) is 2.27. The summed E-state index contributed by atoms with van der Waals surface area (Å²) in [5.41, 5.74) is 1.07. The SMILES string of the molecule is FC(F)(F)c1nn(Cc2ccccc2)c(=S)n1-c1ccc(Cl)cc1. The summed E-state index contributed by atoms with van der Waals surface area (Å²) in [5.74, 6) is -1.06. The smallest absolute Gasteiger partial charge is 0.264 e. The molecule has 8 heteroatoms. The van der Waals surface area contributed by atoms with Gasteiger partial charge in [0.05, 0.1) is 12.2 Å². The molecule has 3 aromatic rings. The molecule has 0 N–H and O–H groups in total. The Morgan fingerprint density at radius 3 is 2.21 bits per heavy atom. The van der Waals surface area contributed by atoms with Gasteiger partial charge in [-0.25, -0.2) is 4.68 Å². The minimum absolute atomic E-state index is 0.0338. The van der Waals surface area contributed by atoms with Crippen molar-refractivity contribution in [3.8, 4) is 5.69 Å². The molecule has 1 heterocycles. The van der Waals surface area contributed by atoms with E-state index in [9.17, 15) is 13.2 Å². The van der Waals surface area contributed by atoms with E-state index in [0.29, 0.717) is 5.02 Å². The van der Waals surface area contributed by atoms with Crippen LogP contribution in [0, 0.1) is 4.77 Å². The lowest BCUT2D eigenvalue weighted by Crippen LogP contribution is -2.14. The first-order valence-corrected chi connectivity index (χ1v) is 7.72. The minimum Gasteiger partial charge on any atom is -0.264 e. The third-order valence-corrected chi connectivity index (χ3v) is 4.00. The fraction of sp³-hybridized carbons (Fsp3) is 0.125. The Labute approximate surface area is 145 Å². The standard InChI is InChI=1S/C16H11ClF3N3S/c17-12-6-8-13(9-7-12)23-14(16(18,19)20)21-22(15(23)24)10-11-4-2-1-3-5-11/h1-9H,10H2. The van der Waals surface area contributed by atoms with Crippen molar-refractivity contribution in [2.24, 2.45) is 0 Å². The molecule has 0 atom stereocenters. The molecule has 124 valence electrons. The van der Waals surface area contributed by atoms with E-state index in [1.807, 2.05) is 6.07 Å². The molecule has 0 aliphatic rings. The average molecular weight is 370 g/mol. The summed E-state index contributed by atoms with van der Waals surface area (Å²) in [6, 6.07) is 15.0. The maximum absolute atomic E-state index is 13.4. The predicted octanol–water partition coefficient (Wildman–Crippen LogP) is 5.12. The van der Waals surface area contributed by atoms with Crippen molar-refractivity contribution in [1.82, 2.24) is 14.3 Å². The Kier molecular flexibility index (Phi) is 4.47. The van der Waals surface area contributed by atoms with Crippen LogP contribution in [-0.2, 0) is 12.7 Å². The van der Waals surface area contributed by atoms with Gasteiger partial charge in [-0.3, -0.25) is 4.57 Å². The zero-order valence-corrected chi connectivity index (χ0v) is 13.7. The number of halogens is 4. The van der Waals surface area contributed by atoms with Crippen LogP contribution in [0.2, 0.25) is 5.02 Å². The van der Waals surface area contributed by atoms with Gasteiger partial charge in [-0.05, 0) is 42.0 Å². The van der Waals surface area contributed by atoms with Gasteiger partial charge in [0, 0.05) is 5.02 Å². The molecule has 0 fully saturated rings. The summed E-state index contributed by atoms with van der Waals surface area (Å²) >= 11 is 11.0. The Morgan fingerprint density at radius 2 is 1.62 bits per heavy atom. The van der Waals surface area contributed by atoms with Gasteiger partial charge in [-0.15, -0.1) is 5.10 Å². The van der Waals surface area contributed by atoms with Crippen molar-refractivity contribution >= 4 is 23.8 Å². The predicted molar refractivity (Wildman–Crippen MR) is 87.9 cm³/mol. The molecule has 1 aromatic heterocycles. The summed E-state index contributed by atoms with van der Waals surface area (Å²) in [6.45, 7) is 0.156. The molecular weight excluding hydrogens is 359 g/mol. The molecule has 0 aliphatic carbocycles. The third-order valence-electron chi connectivity index (χ3n) is 3.35. The molecule has 0 saturated heterocycles. The van der Waals surface area contributed by atoms with Gasteiger partial charge in [0.15, 0.2) is 0 Å². The summed E-state index contributed by atoms with van der Waals surface area (Å²) in [7, 11) is 0. The van der Waals surface area contributed by atoms with E-state index in [1.54, 1.807) is 24.3 Å². The lowest BCUT2D eigenvalue weighted by molar-refractivity contribution is -0.146. The van der Waals surface area contributed by atoms with Crippen LogP contribution in [0.3, 0.4) is 0 Å². The molecular formula is C16H11ClF3N3S. The summed E-state index contributed by atoms with van der Waals surface area (Å²) in [5, 5.41) is 4.12. The van der Waals surface area contributed by atoms with Gasteiger partial charge in [-0.2, -0.15) is 13.2 Å². The highest BCUT2D eigenvalue weighted by molar-refractivity contribution is 7.71. The first-order valence-electron chi connectivity index (χ1n) is 6.93. The van der Waals surface area contributed by atoms with Crippen molar-refractivity contribution in [2.75, 3.05) is 0 Å². The first-order chi connectivity index (χ1) is 11.4. The molecule has 0 unspecified atom stereocenters. The second-order valence-corrected chi connectivity index (χ2v) is 5.86. The lowest BCUT2D eigenvalue weighted by atomic mass is 10.2. The van der Waals surface area contributed by atoms with Crippen LogP contribution in [0.1, 0.15) is 11.4 Å². The number of alkyl halides is 3. The summed E-state index contributed by atoms with van der Waals surface area (Å²) in [4.78, 5) is 0. The highest BCUT2D eigenvalue weighted by Crippen LogP contribution is 2.30. The zero-order chi connectivity index (χ0) is 17.3. The molecule has 0 saturated carbocycles. The minimum atomic E-state index is -4.63. The third kappa shape index (κ3) is 3.37. The van der Waals surface area contributed by atoms with Gasteiger partial charge in [-0.1, -0.05) is 41.9 Å². The Hall–Kier alpha value is -2.12. The monoisotopic (exact) mass is 369 g/mol. The fourth-order valence-corrected chi connectivity index (χ4v) is 2.70. The zero-order valence-electron chi connectivity index (χ0n) is 12.2. The molecule has 0 radical (unpaired) electrons. The molecule has 0 aliphatic heterocycles. The van der Waals surface area contributed by atoms with Crippen LogP contribution < -0.4 is 0 Å². The van der Waals surface area contributed by atoms with E-state index in [0.717, 1.165) is 10.1 Å². The van der Waals surface area contributed by atoms with Crippen LogP contribution in [0.25, 0.3) is 5.69 Å². The van der Waals surface area contributed by atoms with Crippen molar-refractivity contribution in [1.29, 1.82) is 0 Å². The number of hydrogen-bond donors (Lipinski definition) is 0. The number of rotatable bonds is 3. The molecule has 2 aromatic carbocycles. The van der Waals surface area contributed by atoms with E-state index in [2.05, 4.69) is 5.10 Å². The Bertz CT molecular complexity index is 899. The molecule has 0 amide bonds. The number of benzene rings is 2. The highest BCUT2D eigenvalue weighted by atomic mass is 35.5. The van der Waals surface area contributed by atoms with Crippen molar-refractivity contribution < 1.29 is 13.2 Å². The number of aromatic nitrogens is 3. The van der Waals surface area contributed by atoms with E-state index < -0.39 is 12.0 Å². The van der Waals surface area contributed by atoms with E-state index in [-0.39, 0.29) is 17.0 Å². The number of nitrogens with zero attached hydrogens (tertiary/aromatic N) is 3. The second kappa shape index (κ2) is 6.41. The first kappa shape index (κ1) is 16.7. The number of hydrogen-bond acceptors (Lipinski definition) is 2. The quantitative estimate of drug-likeness (QED) is 0.598. The van der Waals surface area contributed by atoms with E-state index in [1.165, 1.54) is 28.9 Å². The van der Waals surface area contributed by atoms with Crippen LogP contribution in [-0.4, -0.2) is 14.3 Å². The van der Waals surface area contributed by atoms with Crippen LogP contribution in [0.15, 0.2) is 54.6 Å². The van der Waals surface area contributed by atoms with Crippen LogP contribution in [0.4, 0.5) is 13.2 Å². The topological polar surface area (TPSA) is 22.8 Å². The average Bonchev–Trinajstić information content (AvgIpc) is 2.86. The van der Waals surface area contributed by atoms with E-state index >= 15 is 0 Å². The Balaban J connectivity index is 2.13.